The van der Waals surface area contributed by atoms with E-state index in [2.05, 4.69) is 0 Å². The predicted octanol–water partition coefficient (Wildman–Crippen LogP) is 1.44. The summed E-state index contributed by atoms with van der Waals surface area (Å²) in [6.07, 6.45) is 0.725. The molecular weight excluding hydrogens is 220 g/mol. The molecule has 1 aromatic carbocycles. The van der Waals surface area contributed by atoms with Gasteiger partial charge in [-0.25, -0.2) is 0 Å². The van der Waals surface area contributed by atoms with Crippen LogP contribution in [0.5, 0.6) is 0 Å². The monoisotopic (exact) mass is 238 g/mol. The molecule has 0 bridgehead atoms. The van der Waals surface area contributed by atoms with E-state index < -0.39 is 0 Å². The van der Waals surface area contributed by atoms with Gasteiger partial charge in [0.2, 0.25) is 0 Å². The molecule has 0 atom stereocenters. The molecule has 0 N–H and O–H groups in total. The highest BCUT2D eigenvalue weighted by atomic mass is 16.5. The molecule has 4 nitrogen and oxygen atoms in total. The van der Waals surface area contributed by atoms with Crippen LogP contribution in [0.3, 0.4) is 0 Å². The lowest BCUT2D eigenvalue weighted by Gasteiger charge is -2.05. The second-order valence-corrected chi connectivity index (χ2v) is 3.39. The summed E-state index contributed by atoms with van der Waals surface area (Å²) in [5, 5.41) is 0. The molecule has 0 spiro atoms. The van der Waals surface area contributed by atoms with Crippen LogP contribution < -0.4 is 0 Å². The molecule has 0 radical (unpaired) electrons. The Labute approximate surface area is 101 Å². The first-order chi connectivity index (χ1) is 8.43. The van der Waals surface area contributed by atoms with E-state index in [1.165, 1.54) is 0 Å². The van der Waals surface area contributed by atoms with E-state index in [0.29, 0.717) is 33.0 Å². The van der Waals surface area contributed by atoms with E-state index >= 15 is 0 Å². The Balaban J connectivity index is 1.86. The Morgan fingerprint density at radius 1 is 0.882 bits per heavy atom. The topological polar surface area (TPSA) is 44.8 Å². The molecule has 0 aliphatic carbocycles. The molecule has 1 rings (SSSR count). The molecule has 0 saturated heterocycles. The van der Waals surface area contributed by atoms with Gasteiger partial charge in [-0.3, -0.25) is 0 Å². The minimum absolute atomic E-state index is 0.133. The Kier molecular flexibility index (Phi) is 8.10. The zero-order chi connectivity index (χ0) is 12.2. The fourth-order valence-electron chi connectivity index (χ4n) is 1.23. The summed E-state index contributed by atoms with van der Waals surface area (Å²) < 4.78 is 15.6. The van der Waals surface area contributed by atoms with Crippen LogP contribution in [-0.2, 0) is 25.6 Å². The third-order valence-electron chi connectivity index (χ3n) is 2.04. The maximum Gasteiger partial charge on any atom is 0.145 e. The lowest BCUT2D eigenvalue weighted by atomic mass is 10.2. The van der Waals surface area contributed by atoms with Crippen molar-refractivity contribution < 1.29 is 19.0 Å². The van der Waals surface area contributed by atoms with Gasteiger partial charge in [0.15, 0.2) is 0 Å². The Hall–Kier alpha value is -1.23. The number of ether oxygens (including phenoxy) is 3. The van der Waals surface area contributed by atoms with Gasteiger partial charge in [-0.2, -0.15) is 0 Å². The summed E-state index contributed by atoms with van der Waals surface area (Å²) in [7, 11) is 0. The molecular formula is C13H18O4. The van der Waals surface area contributed by atoms with Gasteiger partial charge in [0.1, 0.15) is 12.9 Å². The average molecular weight is 238 g/mol. The van der Waals surface area contributed by atoms with Crippen molar-refractivity contribution in [2.75, 3.05) is 33.0 Å². The molecule has 0 aromatic heterocycles. The highest BCUT2D eigenvalue weighted by Gasteiger charge is 1.92. The summed E-state index contributed by atoms with van der Waals surface area (Å²) in [6, 6.07) is 9.99. The van der Waals surface area contributed by atoms with Crippen molar-refractivity contribution in [1.82, 2.24) is 0 Å². The molecule has 4 heteroatoms. The molecule has 0 unspecified atom stereocenters. The minimum atomic E-state index is 0.133. The zero-order valence-corrected chi connectivity index (χ0v) is 9.84. The van der Waals surface area contributed by atoms with Crippen LogP contribution in [0.1, 0.15) is 5.56 Å². The van der Waals surface area contributed by atoms with Crippen molar-refractivity contribution in [3.8, 4) is 0 Å². The van der Waals surface area contributed by atoms with Crippen molar-refractivity contribution in [3.63, 3.8) is 0 Å². The van der Waals surface area contributed by atoms with Crippen LogP contribution >= 0.6 is 0 Å². The lowest BCUT2D eigenvalue weighted by molar-refractivity contribution is -0.112. The van der Waals surface area contributed by atoms with Crippen LogP contribution in [0.15, 0.2) is 30.3 Å². The van der Waals surface area contributed by atoms with E-state index in [0.717, 1.165) is 11.8 Å². The number of carbonyl (C=O) groups is 1. The van der Waals surface area contributed by atoms with Gasteiger partial charge in [0.05, 0.1) is 33.0 Å². The van der Waals surface area contributed by atoms with Gasteiger partial charge < -0.3 is 19.0 Å². The van der Waals surface area contributed by atoms with Crippen LogP contribution in [0.2, 0.25) is 0 Å². The second-order valence-electron chi connectivity index (χ2n) is 3.39. The lowest BCUT2D eigenvalue weighted by Crippen LogP contribution is -2.10. The van der Waals surface area contributed by atoms with Gasteiger partial charge in [0.25, 0.3) is 0 Å². The van der Waals surface area contributed by atoms with E-state index in [9.17, 15) is 4.79 Å². The molecule has 94 valence electrons. The summed E-state index contributed by atoms with van der Waals surface area (Å²) in [6.45, 7) is 2.76. The van der Waals surface area contributed by atoms with Crippen molar-refractivity contribution in [2.45, 2.75) is 6.61 Å². The highest BCUT2D eigenvalue weighted by molar-refractivity contribution is 5.50. The molecule has 0 heterocycles. The van der Waals surface area contributed by atoms with Crippen LogP contribution in [-0.4, -0.2) is 39.3 Å². The Bertz CT molecular complexity index is 287. The number of benzene rings is 1. The van der Waals surface area contributed by atoms with E-state index in [1.807, 2.05) is 30.3 Å². The summed E-state index contributed by atoms with van der Waals surface area (Å²) in [5.74, 6) is 0. The highest BCUT2D eigenvalue weighted by Crippen LogP contribution is 1.99. The maximum absolute atomic E-state index is 9.93. The van der Waals surface area contributed by atoms with Gasteiger partial charge >= 0.3 is 0 Å². The largest absolute Gasteiger partial charge is 0.377 e. The first kappa shape index (κ1) is 13.8. The fraction of sp³-hybridized carbons (Fsp3) is 0.462. The smallest absolute Gasteiger partial charge is 0.145 e. The number of aldehydes is 1. The first-order valence-corrected chi connectivity index (χ1v) is 5.64. The molecule has 1 aromatic rings. The van der Waals surface area contributed by atoms with Crippen molar-refractivity contribution in [1.29, 1.82) is 0 Å². The van der Waals surface area contributed by atoms with Gasteiger partial charge in [-0.05, 0) is 5.56 Å². The number of hydrogen-bond acceptors (Lipinski definition) is 4. The molecule has 0 aliphatic heterocycles. The zero-order valence-electron chi connectivity index (χ0n) is 9.84. The van der Waals surface area contributed by atoms with Gasteiger partial charge in [-0.15, -0.1) is 0 Å². The van der Waals surface area contributed by atoms with E-state index in [-0.39, 0.29) is 6.61 Å². The predicted molar refractivity (Wildman–Crippen MR) is 63.8 cm³/mol. The van der Waals surface area contributed by atoms with Crippen LogP contribution in [0.4, 0.5) is 0 Å². The van der Waals surface area contributed by atoms with Crippen molar-refractivity contribution in [3.05, 3.63) is 35.9 Å². The third kappa shape index (κ3) is 7.63. The second kappa shape index (κ2) is 9.96. The standard InChI is InChI=1S/C13H18O4/c14-6-7-15-8-9-16-10-11-17-12-13-4-2-1-3-5-13/h1-6H,7-12H2. The van der Waals surface area contributed by atoms with E-state index in [4.69, 9.17) is 14.2 Å². The third-order valence-corrected chi connectivity index (χ3v) is 2.04. The molecule has 0 aliphatic rings. The molecule has 0 fully saturated rings. The SMILES string of the molecule is O=CCOCCOCCOCc1ccccc1. The van der Waals surface area contributed by atoms with E-state index in [1.54, 1.807) is 0 Å². The fourth-order valence-corrected chi connectivity index (χ4v) is 1.23. The van der Waals surface area contributed by atoms with Gasteiger partial charge in [0, 0.05) is 0 Å². The summed E-state index contributed by atoms with van der Waals surface area (Å²) in [4.78, 5) is 9.93. The van der Waals surface area contributed by atoms with Crippen molar-refractivity contribution >= 4 is 6.29 Å². The maximum atomic E-state index is 9.93. The van der Waals surface area contributed by atoms with Crippen LogP contribution in [0.25, 0.3) is 0 Å². The van der Waals surface area contributed by atoms with Crippen molar-refractivity contribution in [2.24, 2.45) is 0 Å². The quantitative estimate of drug-likeness (QED) is 0.457. The molecule has 17 heavy (non-hydrogen) atoms. The Morgan fingerprint density at radius 3 is 2.24 bits per heavy atom. The number of carbonyl (C=O) groups excluding carboxylic acids is 1. The van der Waals surface area contributed by atoms with Gasteiger partial charge in [-0.1, -0.05) is 30.3 Å². The number of rotatable bonds is 10. The summed E-state index contributed by atoms with van der Waals surface area (Å²) in [5.41, 5.74) is 1.15. The molecule has 0 amide bonds. The normalized spacial score (nSPS) is 10.4. The molecule has 0 saturated carbocycles. The Morgan fingerprint density at radius 2 is 1.53 bits per heavy atom. The number of hydrogen-bond donors (Lipinski definition) is 0. The first-order valence-electron chi connectivity index (χ1n) is 5.64. The average Bonchev–Trinajstić information content (AvgIpc) is 2.38. The summed E-state index contributed by atoms with van der Waals surface area (Å²) >= 11 is 0. The minimum Gasteiger partial charge on any atom is -0.377 e. The van der Waals surface area contributed by atoms with Crippen LogP contribution in [0, 0.1) is 0 Å².